The molecule has 2 aromatic carbocycles. The summed E-state index contributed by atoms with van der Waals surface area (Å²) in [7, 11) is 0. The fourth-order valence-corrected chi connectivity index (χ4v) is 4.48. The molecule has 0 amide bonds. The summed E-state index contributed by atoms with van der Waals surface area (Å²) in [6, 6.07) is 11.5. The van der Waals surface area contributed by atoms with E-state index in [0.717, 1.165) is 24.8 Å². The predicted octanol–water partition coefficient (Wildman–Crippen LogP) is 5.04. The summed E-state index contributed by atoms with van der Waals surface area (Å²) in [6.07, 6.45) is 2.90. The van der Waals surface area contributed by atoms with Crippen LogP contribution in [0.1, 0.15) is 62.8 Å². The van der Waals surface area contributed by atoms with E-state index in [-0.39, 0.29) is 10.8 Å². The Morgan fingerprint density at radius 3 is 2.22 bits per heavy atom. The summed E-state index contributed by atoms with van der Waals surface area (Å²) in [5.41, 5.74) is 4.84. The quantitative estimate of drug-likeness (QED) is 0.834. The van der Waals surface area contributed by atoms with Crippen molar-refractivity contribution in [3.05, 3.63) is 58.7 Å². The topological polar surface area (TPSA) is 40.5 Å². The van der Waals surface area contributed by atoms with Gasteiger partial charge in [0.15, 0.2) is 0 Å². The van der Waals surface area contributed by atoms with Crippen LogP contribution in [-0.2, 0) is 17.3 Å². The van der Waals surface area contributed by atoms with Crippen molar-refractivity contribution >= 4 is 0 Å². The molecule has 0 fully saturated rings. The molecule has 0 aliphatic heterocycles. The van der Waals surface area contributed by atoms with Gasteiger partial charge in [0.1, 0.15) is 11.5 Å². The summed E-state index contributed by atoms with van der Waals surface area (Å²) in [5.74, 6) is 0.702. The number of phenolic OH excluding ortho intramolecular Hbond substituents is 2. The third-order valence-electron chi connectivity index (χ3n) is 5.37. The van der Waals surface area contributed by atoms with Gasteiger partial charge < -0.3 is 10.2 Å². The van der Waals surface area contributed by atoms with Gasteiger partial charge in [0.05, 0.1) is 0 Å². The van der Waals surface area contributed by atoms with E-state index in [4.69, 9.17) is 0 Å². The first-order chi connectivity index (χ1) is 10.8. The molecule has 3 rings (SSSR count). The molecular weight excluding hydrogens is 284 g/mol. The highest BCUT2D eigenvalue weighted by Crippen LogP contribution is 2.55. The maximum Gasteiger partial charge on any atom is 0.119 e. The molecule has 0 bridgehead atoms. The van der Waals surface area contributed by atoms with Gasteiger partial charge in [-0.2, -0.15) is 0 Å². The minimum absolute atomic E-state index is 0.0676. The molecule has 1 aliphatic rings. The molecule has 1 unspecified atom stereocenters. The second-order valence-corrected chi connectivity index (χ2v) is 7.68. The maximum absolute atomic E-state index is 10.5. The summed E-state index contributed by atoms with van der Waals surface area (Å²) in [6.45, 7) is 8.98. The number of phenols is 2. The molecule has 0 saturated carbocycles. The Kier molecular flexibility index (Phi) is 3.66. The zero-order valence-corrected chi connectivity index (χ0v) is 14.5. The third-order valence-corrected chi connectivity index (χ3v) is 5.37. The second kappa shape index (κ2) is 5.30. The van der Waals surface area contributed by atoms with E-state index in [9.17, 15) is 10.2 Å². The van der Waals surface area contributed by atoms with Gasteiger partial charge in [0, 0.05) is 5.41 Å². The molecule has 0 saturated heterocycles. The van der Waals surface area contributed by atoms with Gasteiger partial charge in [-0.1, -0.05) is 52.3 Å². The maximum atomic E-state index is 10.5. The number of rotatable bonds is 3. The van der Waals surface area contributed by atoms with Crippen molar-refractivity contribution in [2.45, 2.75) is 57.8 Å². The molecular formula is C21H26O2. The number of hydrogen-bond acceptors (Lipinski definition) is 2. The average Bonchev–Trinajstić information content (AvgIpc) is 2.70. The molecule has 2 N–H and O–H groups in total. The molecule has 0 radical (unpaired) electrons. The summed E-state index contributed by atoms with van der Waals surface area (Å²) < 4.78 is 0. The van der Waals surface area contributed by atoms with Crippen LogP contribution in [-0.4, -0.2) is 10.2 Å². The standard InChI is InChI=1S/C21H26O2/c1-5-6-16-18(23)12-11-17-19(16)21(4,13-20(17,2)3)14-7-9-15(22)10-8-14/h7-12,22-23H,5-6,13H2,1-4H3. The van der Waals surface area contributed by atoms with E-state index in [2.05, 4.69) is 33.8 Å². The second-order valence-electron chi connectivity index (χ2n) is 7.68. The Labute approximate surface area is 138 Å². The molecule has 1 aliphatic carbocycles. The van der Waals surface area contributed by atoms with Gasteiger partial charge in [-0.05, 0) is 58.7 Å². The fraction of sp³-hybridized carbons (Fsp3) is 0.429. The van der Waals surface area contributed by atoms with Gasteiger partial charge in [0.25, 0.3) is 0 Å². The lowest BCUT2D eigenvalue weighted by atomic mass is 9.73. The number of fused-ring (bicyclic) bond motifs is 1. The van der Waals surface area contributed by atoms with Crippen molar-refractivity contribution in [1.82, 2.24) is 0 Å². The van der Waals surface area contributed by atoms with Gasteiger partial charge >= 0.3 is 0 Å². The molecule has 2 nitrogen and oxygen atoms in total. The number of hydrogen-bond donors (Lipinski definition) is 2. The molecule has 23 heavy (non-hydrogen) atoms. The fourth-order valence-electron chi connectivity index (χ4n) is 4.48. The van der Waals surface area contributed by atoms with Crippen LogP contribution < -0.4 is 0 Å². The van der Waals surface area contributed by atoms with Crippen molar-refractivity contribution in [3.8, 4) is 11.5 Å². The van der Waals surface area contributed by atoms with Crippen LogP contribution in [0.3, 0.4) is 0 Å². The van der Waals surface area contributed by atoms with Crippen LogP contribution >= 0.6 is 0 Å². The lowest BCUT2D eigenvalue weighted by Crippen LogP contribution is -2.24. The smallest absolute Gasteiger partial charge is 0.119 e. The third kappa shape index (κ3) is 2.41. The zero-order chi connectivity index (χ0) is 16.8. The van der Waals surface area contributed by atoms with Crippen molar-refractivity contribution in [1.29, 1.82) is 0 Å². The SMILES string of the molecule is CCCc1c(O)ccc2c1C(C)(c1ccc(O)cc1)CC2(C)C. The van der Waals surface area contributed by atoms with Gasteiger partial charge in [-0.3, -0.25) is 0 Å². The van der Waals surface area contributed by atoms with Crippen LogP contribution in [0.25, 0.3) is 0 Å². The van der Waals surface area contributed by atoms with E-state index in [1.54, 1.807) is 12.1 Å². The van der Waals surface area contributed by atoms with Gasteiger partial charge in [0.2, 0.25) is 0 Å². The van der Waals surface area contributed by atoms with Crippen LogP contribution in [0, 0.1) is 0 Å². The van der Waals surface area contributed by atoms with E-state index >= 15 is 0 Å². The molecule has 0 aromatic heterocycles. The molecule has 0 spiro atoms. The van der Waals surface area contributed by atoms with Crippen molar-refractivity contribution in [2.75, 3.05) is 0 Å². The van der Waals surface area contributed by atoms with Crippen LogP contribution in [0.4, 0.5) is 0 Å². The summed E-state index contributed by atoms with van der Waals surface area (Å²) >= 11 is 0. The first-order valence-electron chi connectivity index (χ1n) is 8.45. The van der Waals surface area contributed by atoms with Crippen molar-refractivity contribution in [3.63, 3.8) is 0 Å². The Morgan fingerprint density at radius 2 is 1.61 bits per heavy atom. The van der Waals surface area contributed by atoms with E-state index < -0.39 is 0 Å². The number of benzene rings is 2. The Morgan fingerprint density at radius 1 is 0.957 bits per heavy atom. The Balaban J connectivity index is 2.27. The van der Waals surface area contributed by atoms with E-state index in [1.165, 1.54) is 16.7 Å². The van der Waals surface area contributed by atoms with Crippen molar-refractivity contribution < 1.29 is 10.2 Å². The Hall–Kier alpha value is -1.96. The monoisotopic (exact) mass is 310 g/mol. The van der Waals surface area contributed by atoms with E-state index in [1.807, 2.05) is 18.2 Å². The highest BCUT2D eigenvalue weighted by Gasteiger charge is 2.47. The van der Waals surface area contributed by atoms with Crippen LogP contribution in [0.15, 0.2) is 36.4 Å². The summed E-state index contributed by atoms with van der Waals surface area (Å²) in [4.78, 5) is 0. The largest absolute Gasteiger partial charge is 0.508 e. The van der Waals surface area contributed by atoms with Gasteiger partial charge in [-0.25, -0.2) is 0 Å². The van der Waals surface area contributed by atoms with Crippen molar-refractivity contribution in [2.24, 2.45) is 0 Å². The highest BCUT2D eigenvalue weighted by atomic mass is 16.3. The zero-order valence-electron chi connectivity index (χ0n) is 14.5. The first-order valence-corrected chi connectivity index (χ1v) is 8.45. The molecule has 2 heteroatoms. The minimum Gasteiger partial charge on any atom is -0.508 e. The minimum atomic E-state index is -0.143. The lowest BCUT2D eigenvalue weighted by Gasteiger charge is -2.30. The van der Waals surface area contributed by atoms with E-state index in [0.29, 0.717) is 11.5 Å². The number of aromatic hydroxyl groups is 2. The summed E-state index contributed by atoms with van der Waals surface area (Å²) in [5, 5.41) is 20.1. The average molecular weight is 310 g/mol. The first kappa shape index (κ1) is 15.9. The molecule has 122 valence electrons. The van der Waals surface area contributed by atoms with Crippen LogP contribution in [0.2, 0.25) is 0 Å². The molecule has 0 heterocycles. The normalized spacial score (nSPS) is 22.1. The molecule has 1 atom stereocenters. The predicted molar refractivity (Wildman–Crippen MR) is 94.3 cm³/mol. The highest BCUT2D eigenvalue weighted by molar-refractivity contribution is 5.59. The lowest BCUT2D eigenvalue weighted by molar-refractivity contribution is 0.421. The van der Waals surface area contributed by atoms with Crippen LogP contribution in [0.5, 0.6) is 11.5 Å². The van der Waals surface area contributed by atoms with Gasteiger partial charge in [-0.15, -0.1) is 0 Å². The molecule has 2 aromatic rings. The Bertz CT molecular complexity index is 728.